The predicted octanol–water partition coefficient (Wildman–Crippen LogP) is 4.03. The van der Waals surface area contributed by atoms with Crippen LogP contribution in [0.3, 0.4) is 0 Å². The summed E-state index contributed by atoms with van der Waals surface area (Å²) in [4.78, 5) is 16.8. The summed E-state index contributed by atoms with van der Waals surface area (Å²) in [7, 11) is 0. The molecule has 0 unspecified atom stereocenters. The van der Waals surface area contributed by atoms with Crippen LogP contribution in [0.1, 0.15) is 21.5 Å². The Hall–Kier alpha value is -1.81. The monoisotopic (exact) mass is 372 g/mol. The third kappa shape index (κ3) is 3.58. The Balaban J connectivity index is 1.64. The van der Waals surface area contributed by atoms with Crippen LogP contribution >= 0.6 is 15.9 Å². The summed E-state index contributed by atoms with van der Waals surface area (Å²) >= 11 is 3.40. The van der Waals surface area contributed by atoms with Crippen LogP contribution in [0.15, 0.2) is 46.9 Å². The Labute approximate surface area is 146 Å². The van der Waals surface area contributed by atoms with Gasteiger partial charge in [-0.05, 0) is 61.4 Å². The van der Waals surface area contributed by atoms with Gasteiger partial charge in [-0.15, -0.1) is 0 Å². The van der Waals surface area contributed by atoms with Crippen LogP contribution < -0.4 is 4.90 Å². The molecule has 1 heterocycles. The Morgan fingerprint density at radius 3 is 2.17 bits per heavy atom. The lowest BCUT2D eigenvalue weighted by Gasteiger charge is -2.36. The van der Waals surface area contributed by atoms with Gasteiger partial charge in [0.15, 0.2) is 0 Å². The molecule has 0 spiro atoms. The van der Waals surface area contributed by atoms with Gasteiger partial charge in [-0.25, -0.2) is 0 Å². The van der Waals surface area contributed by atoms with Gasteiger partial charge in [-0.1, -0.05) is 22.0 Å². The van der Waals surface area contributed by atoms with Crippen molar-refractivity contribution < 1.29 is 4.79 Å². The topological polar surface area (TPSA) is 23.6 Å². The lowest BCUT2D eigenvalue weighted by Crippen LogP contribution is -2.48. The first-order valence-corrected chi connectivity index (χ1v) is 8.71. The van der Waals surface area contributed by atoms with Crippen LogP contribution in [0.4, 0.5) is 5.69 Å². The molecule has 120 valence electrons. The fraction of sp³-hybridized carbons (Fsp3) is 0.316. The van der Waals surface area contributed by atoms with Crippen molar-refractivity contribution in [2.45, 2.75) is 13.8 Å². The van der Waals surface area contributed by atoms with Crippen LogP contribution in [0.2, 0.25) is 0 Å². The zero-order valence-corrected chi connectivity index (χ0v) is 15.1. The van der Waals surface area contributed by atoms with Gasteiger partial charge >= 0.3 is 0 Å². The van der Waals surface area contributed by atoms with Gasteiger partial charge in [-0.3, -0.25) is 4.79 Å². The van der Waals surface area contributed by atoms with Gasteiger partial charge < -0.3 is 9.80 Å². The standard InChI is InChI=1S/C19H21BrN2O/c1-14-3-8-18(13-15(14)2)21-9-11-22(12-10-21)19(23)16-4-6-17(20)7-5-16/h3-8,13H,9-12H2,1-2H3. The molecule has 1 amide bonds. The van der Waals surface area contributed by atoms with Gasteiger partial charge in [-0.2, -0.15) is 0 Å². The third-order valence-electron chi connectivity index (χ3n) is 4.51. The first-order chi connectivity index (χ1) is 11.0. The highest BCUT2D eigenvalue weighted by atomic mass is 79.9. The van der Waals surface area contributed by atoms with Crippen molar-refractivity contribution in [2.75, 3.05) is 31.1 Å². The number of halogens is 1. The van der Waals surface area contributed by atoms with Crippen molar-refractivity contribution in [1.82, 2.24) is 4.90 Å². The number of hydrogen-bond donors (Lipinski definition) is 0. The van der Waals surface area contributed by atoms with Gasteiger partial charge in [0.05, 0.1) is 0 Å². The highest BCUT2D eigenvalue weighted by molar-refractivity contribution is 9.10. The number of hydrogen-bond acceptors (Lipinski definition) is 2. The maximum absolute atomic E-state index is 12.5. The lowest BCUT2D eigenvalue weighted by molar-refractivity contribution is 0.0747. The molecule has 0 atom stereocenters. The number of amides is 1. The Kier molecular flexibility index (Phi) is 4.71. The van der Waals surface area contributed by atoms with Gasteiger partial charge in [0, 0.05) is 41.9 Å². The van der Waals surface area contributed by atoms with Gasteiger partial charge in [0.1, 0.15) is 0 Å². The van der Waals surface area contributed by atoms with Crippen LogP contribution in [0.5, 0.6) is 0 Å². The fourth-order valence-electron chi connectivity index (χ4n) is 2.87. The molecule has 2 aromatic rings. The number of carbonyl (C=O) groups is 1. The minimum atomic E-state index is 0.122. The summed E-state index contributed by atoms with van der Waals surface area (Å²) < 4.78 is 0.994. The summed E-state index contributed by atoms with van der Waals surface area (Å²) in [5.74, 6) is 0.122. The number of benzene rings is 2. The van der Waals surface area contributed by atoms with Gasteiger partial charge in [0.2, 0.25) is 0 Å². The predicted molar refractivity (Wildman–Crippen MR) is 98.2 cm³/mol. The summed E-state index contributed by atoms with van der Waals surface area (Å²) in [5.41, 5.74) is 4.64. The van der Waals surface area contributed by atoms with Crippen molar-refractivity contribution >= 4 is 27.5 Å². The van der Waals surface area contributed by atoms with Crippen LogP contribution in [-0.4, -0.2) is 37.0 Å². The normalized spacial score (nSPS) is 14.9. The minimum absolute atomic E-state index is 0.122. The molecular formula is C19H21BrN2O. The highest BCUT2D eigenvalue weighted by Gasteiger charge is 2.22. The van der Waals surface area contributed by atoms with Crippen LogP contribution in [0, 0.1) is 13.8 Å². The molecule has 3 nitrogen and oxygen atoms in total. The average molecular weight is 373 g/mol. The molecule has 23 heavy (non-hydrogen) atoms. The largest absolute Gasteiger partial charge is 0.368 e. The summed E-state index contributed by atoms with van der Waals surface area (Å²) in [6, 6.07) is 14.2. The molecular weight excluding hydrogens is 352 g/mol. The number of piperazine rings is 1. The van der Waals surface area contributed by atoms with E-state index < -0.39 is 0 Å². The number of aryl methyl sites for hydroxylation is 2. The van der Waals surface area contributed by atoms with E-state index in [9.17, 15) is 4.79 Å². The quantitative estimate of drug-likeness (QED) is 0.794. The molecule has 4 heteroatoms. The van der Waals surface area contributed by atoms with E-state index in [1.54, 1.807) is 0 Å². The van der Waals surface area contributed by atoms with Crippen molar-refractivity contribution in [3.63, 3.8) is 0 Å². The highest BCUT2D eigenvalue weighted by Crippen LogP contribution is 2.21. The number of anilines is 1. The van der Waals surface area contributed by atoms with E-state index in [1.807, 2.05) is 29.2 Å². The van der Waals surface area contributed by atoms with E-state index in [4.69, 9.17) is 0 Å². The van der Waals surface area contributed by atoms with E-state index in [0.29, 0.717) is 0 Å². The van der Waals surface area contributed by atoms with Crippen molar-refractivity contribution in [3.05, 3.63) is 63.6 Å². The third-order valence-corrected chi connectivity index (χ3v) is 5.04. The molecule has 0 aliphatic carbocycles. The molecule has 0 bridgehead atoms. The number of rotatable bonds is 2. The van der Waals surface area contributed by atoms with E-state index >= 15 is 0 Å². The molecule has 3 rings (SSSR count). The molecule has 0 aromatic heterocycles. The first-order valence-electron chi connectivity index (χ1n) is 7.91. The molecule has 1 aliphatic heterocycles. The first kappa shape index (κ1) is 16.1. The Bertz CT molecular complexity index is 704. The zero-order valence-electron chi connectivity index (χ0n) is 13.6. The Morgan fingerprint density at radius 1 is 0.913 bits per heavy atom. The second-order valence-corrected chi connectivity index (χ2v) is 6.97. The van der Waals surface area contributed by atoms with Gasteiger partial charge in [0.25, 0.3) is 5.91 Å². The molecule has 1 fully saturated rings. The molecule has 0 N–H and O–H groups in total. The molecule has 0 saturated carbocycles. The molecule has 1 aliphatic rings. The second kappa shape index (κ2) is 6.75. The molecule has 2 aromatic carbocycles. The van der Waals surface area contributed by atoms with Crippen molar-refractivity contribution in [3.8, 4) is 0 Å². The second-order valence-electron chi connectivity index (χ2n) is 6.05. The maximum atomic E-state index is 12.5. The zero-order chi connectivity index (χ0) is 16.4. The van der Waals surface area contributed by atoms with E-state index in [2.05, 4.69) is 52.9 Å². The summed E-state index contributed by atoms with van der Waals surface area (Å²) in [6.07, 6.45) is 0. The summed E-state index contributed by atoms with van der Waals surface area (Å²) in [5, 5.41) is 0. The van der Waals surface area contributed by atoms with E-state index in [-0.39, 0.29) is 5.91 Å². The van der Waals surface area contributed by atoms with Crippen molar-refractivity contribution in [2.24, 2.45) is 0 Å². The number of carbonyl (C=O) groups excluding carboxylic acids is 1. The van der Waals surface area contributed by atoms with E-state index in [1.165, 1.54) is 16.8 Å². The number of nitrogens with zero attached hydrogens (tertiary/aromatic N) is 2. The average Bonchev–Trinajstić information content (AvgIpc) is 2.57. The lowest BCUT2D eigenvalue weighted by atomic mass is 10.1. The van der Waals surface area contributed by atoms with Crippen molar-refractivity contribution in [1.29, 1.82) is 0 Å². The molecule has 1 saturated heterocycles. The molecule has 0 radical (unpaired) electrons. The minimum Gasteiger partial charge on any atom is -0.368 e. The van der Waals surface area contributed by atoms with Crippen LogP contribution in [0.25, 0.3) is 0 Å². The summed E-state index contributed by atoms with van der Waals surface area (Å²) in [6.45, 7) is 7.57. The van der Waals surface area contributed by atoms with Crippen LogP contribution in [-0.2, 0) is 0 Å². The smallest absolute Gasteiger partial charge is 0.253 e. The fourth-order valence-corrected chi connectivity index (χ4v) is 3.13. The van der Waals surface area contributed by atoms with E-state index in [0.717, 1.165) is 36.2 Å². The SMILES string of the molecule is Cc1ccc(N2CCN(C(=O)c3ccc(Br)cc3)CC2)cc1C. The maximum Gasteiger partial charge on any atom is 0.253 e. The Morgan fingerprint density at radius 2 is 1.57 bits per heavy atom.